The summed E-state index contributed by atoms with van der Waals surface area (Å²) in [6.07, 6.45) is 8.90. The van der Waals surface area contributed by atoms with Crippen LogP contribution in [0.15, 0.2) is 36.5 Å². The Kier molecular flexibility index (Phi) is 5.59. The number of carbonyl (C=O) groups is 1. The molecule has 4 aromatic rings. The van der Waals surface area contributed by atoms with Gasteiger partial charge in [-0.3, -0.25) is 4.79 Å². The van der Waals surface area contributed by atoms with Crippen molar-refractivity contribution >= 4 is 28.0 Å². The minimum atomic E-state index is 0.0386. The summed E-state index contributed by atoms with van der Waals surface area (Å²) in [7, 11) is 1.70. The Morgan fingerprint density at radius 2 is 1.88 bits per heavy atom. The number of rotatable bonds is 7. The van der Waals surface area contributed by atoms with Crippen molar-refractivity contribution < 1.29 is 9.53 Å². The first kappa shape index (κ1) is 25.3. The van der Waals surface area contributed by atoms with Crippen LogP contribution in [0.4, 0.5) is 0 Å². The molecule has 8 nitrogen and oxygen atoms in total. The highest BCUT2D eigenvalue weighted by molar-refractivity contribution is 6.00. The summed E-state index contributed by atoms with van der Waals surface area (Å²) >= 11 is 0. The topological polar surface area (TPSA) is 91.2 Å². The van der Waals surface area contributed by atoms with E-state index in [1.807, 2.05) is 29.3 Å². The molecule has 214 valence electrons. The van der Waals surface area contributed by atoms with E-state index < -0.39 is 0 Å². The molecule has 1 saturated heterocycles. The van der Waals surface area contributed by atoms with Crippen LogP contribution in [0.3, 0.4) is 0 Å². The molecule has 1 amide bonds. The molecule has 4 heterocycles. The number of hydrogen-bond donors (Lipinski definition) is 1. The van der Waals surface area contributed by atoms with Gasteiger partial charge in [-0.2, -0.15) is 0 Å². The van der Waals surface area contributed by atoms with Gasteiger partial charge in [-0.15, -0.1) is 0 Å². The first-order valence-electron chi connectivity index (χ1n) is 15.4. The highest BCUT2D eigenvalue weighted by Crippen LogP contribution is 2.47. The number of fused-ring (bicyclic) bond motifs is 4. The zero-order chi connectivity index (χ0) is 28.0. The van der Waals surface area contributed by atoms with Gasteiger partial charge in [0.2, 0.25) is 0 Å². The average Bonchev–Trinajstić information content (AvgIpc) is 3.31. The van der Waals surface area contributed by atoms with Crippen LogP contribution in [0.25, 0.3) is 33.6 Å². The molecular weight excluding hydrogens is 512 g/mol. The van der Waals surface area contributed by atoms with Crippen LogP contribution in [0.1, 0.15) is 62.7 Å². The fourth-order valence-electron chi connectivity index (χ4n) is 8.24. The van der Waals surface area contributed by atoms with E-state index in [-0.39, 0.29) is 18.0 Å². The third-order valence-corrected chi connectivity index (χ3v) is 10.3. The van der Waals surface area contributed by atoms with Gasteiger partial charge in [0.25, 0.3) is 5.91 Å². The number of ether oxygens (including phenoxy) is 1. The summed E-state index contributed by atoms with van der Waals surface area (Å²) in [6, 6.07) is 10.5. The Morgan fingerprint density at radius 1 is 1.07 bits per heavy atom. The van der Waals surface area contributed by atoms with Crippen LogP contribution in [0.5, 0.6) is 5.75 Å². The maximum atomic E-state index is 13.8. The SMILES string of the molecule is COc1cc(C(=O)N2CC3CCC2[C@@H]3N)cc2nc(-c3cc4cccnc4n3CC3CC3)n(CC3CC(C)(C)C3)c12. The Labute approximate surface area is 240 Å². The van der Waals surface area contributed by atoms with Crippen LogP contribution in [-0.4, -0.2) is 55.6 Å². The number of carbonyl (C=O) groups excluding carboxylic acids is 1. The number of aromatic nitrogens is 4. The van der Waals surface area contributed by atoms with E-state index in [4.69, 9.17) is 20.4 Å². The number of benzene rings is 1. The van der Waals surface area contributed by atoms with Gasteiger partial charge in [0.1, 0.15) is 16.9 Å². The molecule has 8 heteroatoms. The zero-order valence-corrected chi connectivity index (χ0v) is 24.3. The van der Waals surface area contributed by atoms with E-state index in [1.54, 1.807) is 7.11 Å². The molecule has 3 aliphatic carbocycles. The van der Waals surface area contributed by atoms with E-state index in [2.05, 4.69) is 35.1 Å². The largest absolute Gasteiger partial charge is 0.494 e. The van der Waals surface area contributed by atoms with Crippen LogP contribution < -0.4 is 10.5 Å². The summed E-state index contributed by atoms with van der Waals surface area (Å²) in [5.41, 5.74) is 11.4. The van der Waals surface area contributed by atoms with Crippen molar-refractivity contribution in [2.45, 2.75) is 77.5 Å². The molecule has 3 saturated carbocycles. The van der Waals surface area contributed by atoms with Gasteiger partial charge in [-0.1, -0.05) is 13.8 Å². The highest BCUT2D eigenvalue weighted by Gasteiger charge is 2.47. The number of nitrogens with zero attached hydrogens (tertiary/aromatic N) is 5. The lowest BCUT2D eigenvalue weighted by Gasteiger charge is -2.43. The second-order valence-corrected chi connectivity index (χ2v) is 14.0. The summed E-state index contributed by atoms with van der Waals surface area (Å²) < 4.78 is 10.8. The molecule has 2 N–H and O–H groups in total. The van der Waals surface area contributed by atoms with Crippen molar-refractivity contribution in [2.24, 2.45) is 28.9 Å². The van der Waals surface area contributed by atoms with Gasteiger partial charge >= 0.3 is 0 Å². The van der Waals surface area contributed by atoms with Crippen molar-refractivity contribution in [3.8, 4) is 17.3 Å². The molecule has 1 aliphatic heterocycles. The molecular formula is C33H40N6O2. The molecule has 3 atom stereocenters. The Balaban J connectivity index is 1.28. The third kappa shape index (κ3) is 4.09. The predicted octanol–water partition coefficient (Wildman–Crippen LogP) is 5.47. The van der Waals surface area contributed by atoms with E-state index in [0.29, 0.717) is 34.5 Å². The molecule has 41 heavy (non-hydrogen) atoms. The van der Waals surface area contributed by atoms with Crippen molar-refractivity contribution in [1.29, 1.82) is 0 Å². The van der Waals surface area contributed by atoms with Gasteiger partial charge in [0, 0.05) is 48.9 Å². The molecule has 0 spiro atoms. The quantitative estimate of drug-likeness (QED) is 0.328. The molecule has 3 aromatic heterocycles. The Hall–Kier alpha value is -3.39. The Morgan fingerprint density at radius 3 is 2.56 bits per heavy atom. The number of piperidine rings is 1. The number of likely N-dealkylation sites (tertiary alicyclic amines) is 1. The molecule has 0 radical (unpaired) electrons. The highest BCUT2D eigenvalue weighted by atomic mass is 16.5. The van der Waals surface area contributed by atoms with Gasteiger partial charge in [0.15, 0.2) is 5.82 Å². The summed E-state index contributed by atoms with van der Waals surface area (Å²) in [5.74, 6) is 3.37. The van der Waals surface area contributed by atoms with Crippen LogP contribution >= 0.6 is 0 Å². The maximum Gasteiger partial charge on any atom is 0.254 e. The number of hydrogen-bond acceptors (Lipinski definition) is 5. The van der Waals surface area contributed by atoms with E-state index >= 15 is 0 Å². The van der Waals surface area contributed by atoms with Gasteiger partial charge < -0.3 is 24.5 Å². The van der Waals surface area contributed by atoms with Crippen LogP contribution in [0.2, 0.25) is 0 Å². The lowest BCUT2D eigenvalue weighted by molar-refractivity contribution is 0.0700. The first-order valence-corrected chi connectivity index (χ1v) is 15.4. The summed E-state index contributed by atoms with van der Waals surface area (Å²) in [4.78, 5) is 25.9. The fourth-order valence-corrected chi connectivity index (χ4v) is 8.24. The van der Waals surface area contributed by atoms with Crippen molar-refractivity contribution in [1.82, 2.24) is 24.0 Å². The lowest BCUT2D eigenvalue weighted by Crippen LogP contribution is -2.41. The number of amides is 1. The first-order chi connectivity index (χ1) is 19.8. The lowest BCUT2D eigenvalue weighted by atomic mass is 9.64. The molecule has 8 rings (SSSR count). The number of imidazole rings is 1. The van der Waals surface area contributed by atoms with Crippen LogP contribution in [-0.2, 0) is 13.1 Å². The summed E-state index contributed by atoms with van der Waals surface area (Å²) in [5, 5.41) is 1.13. The maximum absolute atomic E-state index is 13.8. The van der Waals surface area contributed by atoms with E-state index in [0.717, 1.165) is 66.1 Å². The van der Waals surface area contributed by atoms with Crippen molar-refractivity contribution in [2.75, 3.05) is 13.7 Å². The van der Waals surface area contributed by atoms with E-state index in [9.17, 15) is 4.79 Å². The number of methoxy groups -OCH3 is 1. The molecule has 4 fully saturated rings. The van der Waals surface area contributed by atoms with Gasteiger partial charge in [0.05, 0.1) is 18.3 Å². The second-order valence-electron chi connectivity index (χ2n) is 14.0. The van der Waals surface area contributed by atoms with Crippen LogP contribution in [0, 0.1) is 23.2 Å². The minimum Gasteiger partial charge on any atom is -0.494 e. The van der Waals surface area contributed by atoms with Gasteiger partial charge in [-0.05, 0) is 92.0 Å². The molecule has 2 unspecified atom stereocenters. The van der Waals surface area contributed by atoms with E-state index in [1.165, 1.54) is 25.7 Å². The smallest absolute Gasteiger partial charge is 0.254 e. The number of nitrogens with two attached hydrogens (primary N) is 1. The Bertz CT molecular complexity index is 1670. The summed E-state index contributed by atoms with van der Waals surface area (Å²) in [6.45, 7) is 7.28. The zero-order valence-electron chi connectivity index (χ0n) is 24.3. The van der Waals surface area contributed by atoms with Gasteiger partial charge in [-0.25, -0.2) is 9.97 Å². The molecule has 4 aliphatic rings. The normalized spacial score (nSPS) is 25.4. The number of pyridine rings is 1. The fraction of sp³-hybridized carbons (Fsp3) is 0.545. The standard InChI is InChI=1S/C33H40N6O2/c1-33(2)14-20(15-33)17-39-29-24(11-23(13-27(29)41-3)32(40)38-18-22-8-9-25(38)28(22)34)36-31(39)26-12-21-5-4-10-35-30(21)37(26)16-19-6-7-19/h4-5,10-13,19-20,22,25,28H,6-9,14-18,34H2,1-3H3/t22?,25?,28-/m1/s1. The van der Waals surface area contributed by atoms with Crippen molar-refractivity contribution in [3.05, 3.63) is 42.1 Å². The average molecular weight is 553 g/mol. The second kappa shape index (κ2) is 9.05. The predicted molar refractivity (Wildman–Crippen MR) is 160 cm³/mol. The monoisotopic (exact) mass is 552 g/mol. The molecule has 1 aromatic carbocycles. The van der Waals surface area contributed by atoms with Crippen molar-refractivity contribution in [3.63, 3.8) is 0 Å². The minimum absolute atomic E-state index is 0.0386. The third-order valence-electron chi connectivity index (χ3n) is 10.3. The molecule has 2 bridgehead atoms.